The highest BCUT2D eigenvalue weighted by molar-refractivity contribution is 7.99. The summed E-state index contributed by atoms with van der Waals surface area (Å²) in [5.41, 5.74) is -1.18. The van der Waals surface area contributed by atoms with Crippen LogP contribution in [0.5, 0.6) is 0 Å². The van der Waals surface area contributed by atoms with E-state index in [1.165, 1.54) is 12.3 Å². The van der Waals surface area contributed by atoms with Crippen molar-refractivity contribution in [3.63, 3.8) is 0 Å². The van der Waals surface area contributed by atoms with Crippen molar-refractivity contribution in [2.45, 2.75) is 24.5 Å². The molecule has 2 heterocycles. The first-order valence-corrected chi connectivity index (χ1v) is 9.19. The average molecular weight is 375 g/mol. The lowest BCUT2D eigenvalue weighted by molar-refractivity contribution is -0.0711. The van der Waals surface area contributed by atoms with Crippen molar-refractivity contribution in [2.75, 3.05) is 45.4 Å². The lowest BCUT2D eigenvalue weighted by Crippen LogP contribution is -2.39. The van der Waals surface area contributed by atoms with Crippen LogP contribution >= 0.6 is 11.8 Å². The van der Waals surface area contributed by atoms with Gasteiger partial charge in [0, 0.05) is 30.3 Å². The molecule has 2 rings (SSSR count). The van der Waals surface area contributed by atoms with Gasteiger partial charge in [-0.1, -0.05) is 0 Å². The number of hydrogen-bond donors (Lipinski definition) is 3. The molecule has 1 aromatic rings. The number of aromatic amines is 1. The second kappa shape index (κ2) is 9.51. The molecule has 3 N–H and O–H groups in total. The zero-order valence-corrected chi connectivity index (χ0v) is 15.1. The van der Waals surface area contributed by atoms with E-state index >= 15 is 0 Å². The van der Waals surface area contributed by atoms with Gasteiger partial charge < -0.3 is 24.6 Å². The van der Waals surface area contributed by atoms with E-state index in [0.29, 0.717) is 6.61 Å². The number of rotatable bonds is 9. The zero-order valence-electron chi connectivity index (χ0n) is 14.3. The van der Waals surface area contributed by atoms with E-state index in [-0.39, 0.29) is 0 Å². The standard InChI is InChI=1S/C15H25N3O6S/c1-17(2)5-7-25-8-6-23-13-12(21)10(9-19)24-14(13)18-4-3-11(20)16-15(18)22/h3-4,10,12-14,19,21H,5-9H2,1-2H3,(H,16,20,22)/t10-,12-,13-,14-/m1/s1. The van der Waals surface area contributed by atoms with Gasteiger partial charge in [-0.15, -0.1) is 0 Å². The van der Waals surface area contributed by atoms with Crippen molar-refractivity contribution in [1.29, 1.82) is 0 Å². The summed E-state index contributed by atoms with van der Waals surface area (Å²) < 4.78 is 12.4. The first kappa shape index (κ1) is 20.1. The predicted octanol–water partition coefficient (Wildman–Crippen LogP) is -1.53. The monoisotopic (exact) mass is 375 g/mol. The molecule has 1 aromatic heterocycles. The van der Waals surface area contributed by atoms with Crippen LogP contribution in [0, 0.1) is 0 Å². The fourth-order valence-corrected chi connectivity index (χ4v) is 3.41. The number of hydrogen-bond acceptors (Lipinski definition) is 8. The first-order valence-electron chi connectivity index (χ1n) is 8.04. The molecule has 0 unspecified atom stereocenters. The SMILES string of the molecule is CN(C)CCSCCO[C@@H]1[C@H](O)[C@@H](CO)O[C@H]1n1ccc(=O)[nH]c1=O. The predicted molar refractivity (Wildman–Crippen MR) is 93.9 cm³/mol. The fraction of sp³-hybridized carbons (Fsp3) is 0.733. The molecular formula is C15H25N3O6S. The molecule has 10 heteroatoms. The smallest absolute Gasteiger partial charge is 0.330 e. The maximum Gasteiger partial charge on any atom is 0.330 e. The molecule has 25 heavy (non-hydrogen) atoms. The van der Waals surface area contributed by atoms with Crippen LogP contribution in [0.25, 0.3) is 0 Å². The lowest BCUT2D eigenvalue weighted by atomic mass is 10.1. The van der Waals surface area contributed by atoms with Gasteiger partial charge in [0.05, 0.1) is 13.2 Å². The minimum atomic E-state index is -1.07. The molecule has 142 valence electrons. The van der Waals surface area contributed by atoms with E-state index < -0.39 is 42.4 Å². The van der Waals surface area contributed by atoms with E-state index in [0.717, 1.165) is 22.6 Å². The second-order valence-electron chi connectivity index (χ2n) is 6.01. The molecule has 9 nitrogen and oxygen atoms in total. The third-order valence-electron chi connectivity index (χ3n) is 3.84. The fourth-order valence-electron chi connectivity index (χ4n) is 2.49. The highest BCUT2D eigenvalue weighted by Crippen LogP contribution is 2.30. The quantitative estimate of drug-likeness (QED) is 0.445. The molecule has 1 aliphatic rings. The summed E-state index contributed by atoms with van der Waals surface area (Å²) in [6.07, 6.45) is -2.35. The van der Waals surface area contributed by atoms with Crippen LogP contribution < -0.4 is 11.2 Å². The Morgan fingerprint density at radius 2 is 2.16 bits per heavy atom. The van der Waals surface area contributed by atoms with Gasteiger partial charge in [-0.05, 0) is 14.1 Å². The van der Waals surface area contributed by atoms with E-state index in [1.54, 1.807) is 11.8 Å². The summed E-state index contributed by atoms with van der Waals surface area (Å²) in [5, 5.41) is 19.6. The molecule has 0 bridgehead atoms. The van der Waals surface area contributed by atoms with Crippen molar-refractivity contribution >= 4 is 11.8 Å². The number of thioether (sulfide) groups is 1. The summed E-state index contributed by atoms with van der Waals surface area (Å²) in [6.45, 7) is 0.935. The number of ether oxygens (including phenoxy) is 2. The van der Waals surface area contributed by atoms with Gasteiger partial charge in [0.15, 0.2) is 6.23 Å². The van der Waals surface area contributed by atoms with Gasteiger partial charge in [0.1, 0.15) is 18.3 Å². The molecule has 1 saturated heterocycles. The van der Waals surface area contributed by atoms with Crippen LogP contribution in [0.15, 0.2) is 21.9 Å². The van der Waals surface area contributed by atoms with Crippen molar-refractivity contribution in [3.05, 3.63) is 33.1 Å². The second-order valence-corrected chi connectivity index (χ2v) is 7.23. The Morgan fingerprint density at radius 3 is 2.80 bits per heavy atom. The zero-order chi connectivity index (χ0) is 18.4. The molecule has 1 aliphatic heterocycles. The van der Waals surface area contributed by atoms with E-state index in [2.05, 4.69) is 9.88 Å². The largest absolute Gasteiger partial charge is 0.394 e. The number of nitrogens with zero attached hydrogens (tertiary/aromatic N) is 2. The highest BCUT2D eigenvalue weighted by atomic mass is 32.2. The highest BCUT2D eigenvalue weighted by Gasteiger charge is 2.45. The number of nitrogens with one attached hydrogen (secondary N) is 1. The number of aliphatic hydroxyl groups excluding tert-OH is 2. The lowest BCUT2D eigenvalue weighted by Gasteiger charge is -2.22. The Bertz CT molecular complexity index is 649. The Morgan fingerprint density at radius 1 is 1.40 bits per heavy atom. The molecule has 0 amide bonds. The van der Waals surface area contributed by atoms with Gasteiger partial charge in [-0.25, -0.2) is 4.79 Å². The molecular weight excluding hydrogens is 350 g/mol. The molecule has 1 fully saturated rings. The van der Waals surface area contributed by atoms with Crippen LogP contribution in [0.2, 0.25) is 0 Å². The average Bonchev–Trinajstić information content (AvgIpc) is 2.86. The summed E-state index contributed by atoms with van der Waals surface area (Å²) in [4.78, 5) is 27.4. The Balaban J connectivity index is 1.99. The van der Waals surface area contributed by atoms with Crippen molar-refractivity contribution in [2.24, 2.45) is 0 Å². The minimum absolute atomic E-state index is 0.371. The molecule has 0 radical (unpaired) electrons. The normalized spacial score (nSPS) is 26.4. The first-order chi connectivity index (χ1) is 11.9. The van der Waals surface area contributed by atoms with Crippen LogP contribution in [0.1, 0.15) is 6.23 Å². The van der Waals surface area contributed by atoms with E-state index in [4.69, 9.17) is 9.47 Å². The van der Waals surface area contributed by atoms with Crippen molar-refractivity contribution in [3.8, 4) is 0 Å². The van der Waals surface area contributed by atoms with Gasteiger partial charge in [-0.2, -0.15) is 11.8 Å². The molecule has 0 saturated carbocycles. The molecule has 0 spiro atoms. The van der Waals surface area contributed by atoms with E-state index in [1.807, 2.05) is 14.1 Å². The van der Waals surface area contributed by atoms with Gasteiger partial charge >= 0.3 is 5.69 Å². The van der Waals surface area contributed by atoms with Crippen molar-refractivity contribution in [1.82, 2.24) is 14.5 Å². The van der Waals surface area contributed by atoms with Crippen LogP contribution in [0.4, 0.5) is 0 Å². The van der Waals surface area contributed by atoms with Crippen LogP contribution in [-0.4, -0.2) is 88.3 Å². The maximum absolute atomic E-state index is 12.0. The third kappa shape index (κ3) is 5.40. The number of aliphatic hydroxyl groups is 2. The Labute approximate surface area is 149 Å². The molecule has 0 aliphatic carbocycles. The summed E-state index contributed by atoms with van der Waals surface area (Å²) in [7, 11) is 4.01. The number of H-pyrrole nitrogens is 1. The number of aromatic nitrogens is 2. The molecule has 4 atom stereocenters. The maximum atomic E-state index is 12.0. The van der Waals surface area contributed by atoms with Gasteiger partial charge in [-0.3, -0.25) is 14.3 Å². The van der Waals surface area contributed by atoms with Crippen molar-refractivity contribution < 1.29 is 19.7 Å². The van der Waals surface area contributed by atoms with Gasteiger partial charge in [0.25, 0.3) is 5.56 Å². The summed E-state index contributed by atoms with van der Waals surface area (Å²) in [5.74, 6) is 1.69. The summed E-state index contributed by atoms with van der Waals surface area (Å²) in [6, 6.07) is 1.19. The Kier molecular flexibility index (Phi) is 7.66. The van der Waals surface area contributed by atoms with Crippen LogP contribution in [0.3, 0.4) is 0 Å². The molecule has 0 aromatic carbocycles. The minimum Gasteiger partial charge on any atom is -0.394 e. The van der Waals surface area contributed by atoms with Gasteiger partial charge in [0.2, 0.25) is 0 Å². The third-order valence-corrected chi connectivity index (χ3v) is 4.77. The van der Waals surface area contributed by atoms with E-state index in [9.17, 15) is 19.8 Å². The Hall–Kier alpha value is -1.17. The topological polar surface area (TPSA) is 117 Å². The van der Waals surface area contributed by atoms with Crippen LogP contribution in [-0.2, 0) is 9.47 Å². The summed E-state index contributed by atoms with van der Waals surface area (Å²) >= 11 is 1.72.